The Kier molecular flexibility index (Phi) is 5.88. The van der Waals surface area contributed by atoms with Crippen molar-refractivity contribution in [1.29, 1.82) is 0 Å². The van der Waals surface area contributed by atoms with Gasteiger partial charge in [0, 0.05) is 13.1 Å². The zero-order valence-electron chi connectivity index (χ0n) is 10.7. The molecule has 3 N–H and O–H groups in total. The minimum absolute atomic E-state index is 0.155. The van der Waals surface area contributed by atoms with Crippen LogP contribution in [0.1, 0.15) is 13.8 Å². The standard InChI is InChI=1S/C13H20ClNO3/c1-13(2,17)9-15-7-10(16)8-18-12-6-4-3-5-11(12)14/h3-6,10,15-17H,7-9H2,1-2H3. The SMILES string of the molecule is CC(C)(O)CNCC(O)COc1ccccc1Cl. The predicted molar refractivity (Wildman–Crippen MR) is 72.1 cm³/mol. The normalized spacial score (nSPS) is 13.4. The van der Waals surface area contributed by atoms with Gasteiger partial charge in [-0.25, -0.2) is 0 Å². The monoisotopic (exact) mass is 273 g/mol. The summed E-state index contributed by atoms with van der Waals surface area (Å²) in [7, 11) is 0. The van der Waals surface area contributed by atoms with Crippen molar-refractivity contribution >= 4 is 11.6 Å². The number of ether oxygens (including phenoxy) is 1. The van der Waals surface area contributed by atoms with Gasteiger partial charge in [-0.1, -0.05) is 23.7 Å². The molecular formula is C13H20ClNO3. The maximum absolute atomic E-state index is 9.69. The third-order valence-corrected chi connectivity index (χ3v) is 2.52. The third kappa shape index (κ3) is 6.21. The van der Waals surface area contributed by atoms with Gasteiger partial charge in [0.2, 0.25) is 0 Å². The van der Waals surface area contributed by atoms with Crippen molar-refractivity contribution in [1.82, 2.24) is 5.32 Å². The molecule has 0 aliphatic rings. The lowest BCUT2D eigenvalue weighted by Crippen LogP contribution is -2.40. The Morgan fingerprint density at radius 2 is 2.06 bits per heavy atom. The Morgan fingerprint density at radius 1 is 1.39 bits per heavy atom. The fourth-order valence-electron chi connectivity index (χ4n) is 1.35. The lowest BCUT2D eigenvalue weighted by Gasteiger charge is -2.19. The zero-order valence-corrected chi connectivity index (χ0v) is 11.4. The molecule has 0 aliphatic carbocycles. The zero-order chi connectivity index (χ0) is 13.6. The van der Waals surface area contributed by atoms with Gasteiger partial charge in [0.25, 0.3) is 0 Å². The molecule has 1 rings (SSSR count). The molecule has 0 heterocycles. The van der Waals surface area contributed by atoms with E-state index in [0.29, 0.717) is 23.9 Å². The average molecular weight is 274 g/mol. The molecule has 0 fully saturated rings. The van der Waals surface area contributed by atoms with Crippen molar-refractivity contribution < 1.29 is 14.9 Å². The maximum Gasteiger partial charge on any atom is 0.138 e. The fraction of sp³-hybridized carbons (Fsp3) is 0.538. The second kappa shape index (κ2) is 6.95. The molecule has 0 bridgehead atoms. The molecule has 0 saturated carbocycles. The topological polar surface area (TPSA) is 61.7 Å². The van der Waals surface area contributed by atoms with E-state index in [1.54, 1.807) is 26.0 Å². The first-order valence-electron chi connectivity index (χ1n) is 5.87. The van der Waals surface area contributed by atoms with Crippen LogP contribution in [0.5, 0.6) is 5.75 Å². The Morgan fingerprint density at radius 3 is 2.67 bits per heavy atom. The predicted octanol–water partition coefficient (Wildman–Crippen LogP) is 1.44. The molecule has 0 saturated heterocycles. The Bertz CT molecular complexity index is 365. The van der Waals surface area contributed by atoms with Crippen LogP contribution in [0.15, 0.2) is 24.3 Å². The molecule has 0 aliphatic heterocycles. The first-order valence-corrected chi connectivity index (χ1v) is 6.25. The van der Waals surface area contributed by atoms with E-state index in [0.717, 1.165) is 0 Å². The molecule has 1 unspecified atom stereocenters. The lowest BCUT2D eigenvalue weighted by atomic mass is 10.1. The second-order valence-corrected chi connectivity index (χ2v) is 5.25. The summed E-state index contributed by atoms with van der Waals surface area (Å²) in [4.78, 5) is 0. The van der Waals surface area contributed by atoms with Crippen LogP contribution < -0.4 is 10.1 Å². The smallest absolute Gasteiger partial charge is 0.138 e. The minimum Gasteiger partial charge on any atom is -0.489 e. The molecular weight excluding hydrogens is 254 g/mol. The molecule has 1 aromatic carbocycles. The molecule has 0 amide bonds. The van der Waals surface area contributed by atoms with Crippen LogP contribution >= 0.6 is 11.6 Å². The molecule has 18 heavy (non-hydrogen) atoms. The highest BCUT2D eigenvalue weighted by molar-refractivity contribution is 6.32. The van der Waals surface area contributed by atoms with Crippen molar-refractivity contribution in [2.24, 2.45) is 0 Å². The number of para-hydroxylation sites is 1. The molecule has 4 nitrogen and oxygen atoms in total. The first kappa shape index (κ1) is 15.2. The van der Waals surface area contributed by atoms with E-state index in [1.807, 2.05) is 12.1 Å². The number of rotatable bonds is 7. The van der Waals surface area contributed by atoms with E-state index >= 15 is 0 Å². The van der Waals surface area contributed by atoms with Gasteiger partial charge >= 0.3 is 0 Å². The summed E-state index contributed by atoms with van der Waals surface area (Å²) in [6.45, 7) is 4.33. The van der Waals surface area contributed by atoms with E-state index in [2.05, 4.69) is 5.32 Å². The number of nitrogens with one attached hydrogen (secondary N) is 1. The quantitative estimate of drug-likeness (QED) is 0.704. The highest BCUT2D eigenvalue weighted by Crippen LogP contribution is 2.22. The molecule has 5 heteroatoms. The van der Waals surface area contributed by atoms with Crippen LogP contribution in [0, 0.1) is 0 Å². The van der Waals surface area contributed by atoms with Crippen molar-refractivity contribution in [3.8, 4) is 5.75 Å². The van der Waals surface area contributed by atoms with Crippen molar-refractivity contribution in [3.63, 3.8) is 0 Å². The van der Waals surface area contributed by atoms with Crippen LogP contribution in [0.3, 0.4) is 0 Å². The van der Waals surface area contributed by atoms with Gasteiger partial charge in [-0.15, -0.1) is 0 Å². The molecule has 1 atom stereocenters. The number of halogens is 1. The second-order valence-electron chi connectivity index (χ2n) is 4.84. The Labute approximate surface area is 113 Å². The van der Waals surface area contributed by atoms with E-state index in [-0.39, 0.29) is 6.61 Å². The van der Waals surface area contributed by atoms with Gasteiger partial charge in [0.05, 0.1) is 10.6 Å². The largest absolute Gasteiger partial charge is 0.489 e. The average Bonchev–Trinajstić information content (AvgIpc) is 2.26. The molecule has 102 valence electrons. The van der Waals surface area contributed by atoms with Crippen LogP contribution in [-0.2, 0) is 0 Å². The molecule has 1 aromatic rings. The minimum atomic E-state index is -0.788. The number of hydrogen-bond donors (Lipinski definition) is 3. The van der Waals surface area contributed by atoms with E-state index in [1.165, 1.54) is 0 Å². The summed E-state index contributed by atoms with van der Waals surface area (Å²) in [5, 5.41) is 22.7. The number of aliphatic hydroxyl groups is 2. The number of hydrogen-bond acceptors (Lipinski definition) is 4. The fourth-order valence-corrected chi connectivity index (χ4v) is 1.54. The van der Waals surface area contributed by atoms with Crippen molar-refractivity contribution in [3.05, 3.63) is 29.3 Å². The summed E-state index contributed by atoms with van der Waals surface area (Å²) in [6, 6.07) is 7.12. The summed E-state index contributed by atoms with van der Waals surface area (Å²) in [6.07, 6.45) is -0.649. The summed E-state index contributed by atoms with van der Waals surface area (Å²) in [5.41, 5.74) is -0.788. The van der Waals surface area contributed by atoms with Gasteiger partial charge in [-0.2, -0.15) is 0 Å². The van der Waals surface area contributed by atoms with Gasteiger partial charge < -0.3 is 20.3 Å². The van der Waals surface area contributed by atoms with Gasteiger partial charge in [0.15, 0.2) is 0 Å². The van der Waals surface area contributed by atoms with Crippen molar-refractivity contribution in [2.45, 2.75) is 25.6 Å². The van der Waals surface area contributed by atoms with E-state index in [9.17, 15) is 10.2 Å². The highest BCUT2D eigenvalue weighted by Gasteiger charge is 2.13. The molecule has 0 radical (unpaired) electrons. The third-order valence-electron chi connectivity index (χ3n) is 2.21. The lowest BCUT2D eigenvalue weighted by molar-refractivity contribution is 0.0665. The summed E-state index contributed by atoms with van der Waals surface area (Å²) >= 11 is 5.92. The summed E-state index contributed by atoms with van der Waals surface area (Å²) in [5.74, 6) is 0.556. The van der Waals surface area contributed by atoms with Gasteiger partial charge in [-0.05, 0) is 26.0 Å². The molecule has 0 spiro atoms. The van der Waals surface area contributed by atoms with Crippen LogP contribution in [0.25, 0.3) is 0 Å². The summed E-state index contributed by atoms with van der Waals surface area (Å²) < 4.78 is 5.40. The number of benzene rings is 1. The number of aliphatic hydroxyl groups excluding tert-OH is 1. The van der Waals surface area contributed by atoms with Crippen molar-refractivity contribution in [2.75, 3.05) is 19.7 Å². The first-order chi connectivity index (χ1) is 8.38. The van der Waals surface area contributed by atoms with Gasteiger partial charge in [0.1, 0.15) is 18.5 Å². The maximum atomic E-state index is 9.69. The van der Waals surface area contributed by atoms with E-state index < -0.39 is 11.7 Å². The van der Waals surface area contributed by atoms with Crippen LogP contribution in [-0.4, -0.2) is 41.6 Å². The van der Waals surface area contributed by atoms with Gasteiger partial charge in [-0.3, -0.25) is 0 Å². The van der Waals surface area contributed by atoms with Crippen LogP contribution in [0.2, 0.25) is 5.02 Å². The Hall–Kier alpha value is -0.810. The Balaban J connectivity index is 2.25. The van der Waals surface area contributed by atoms with E-state index in [4.69, 9.17) is 16.3 Å². The van der Waals surface area contributed by atoms with Crippen LogP contribution in [0.4, 0.5) is 0 Å². The molecule has 0 aromatic heterocycles. The highest BCUT2D eigenvalue weighted by atomic mass is 35.5.